The second kappa shape index (κ2) is 8.17. The van der Waals surface area contributed by atoms with Crippen molar-refractivity contribution < 1.29 is 9.53 Å². The van der Waals surface area contributed by atoms with Gasteiger partial charge in [0.25, 0.3) is 0 Å². The van der Waals surface area contributed by atoms with E-state index in [1.807, 2.05) is 12.1 Å². The van der Waals surface area contributed by atoms with Gasteiger partial charge in [0.2, 0.25) is 5.91 Å². The van der Waals surface area contributed by atoms with Crippen molar-refractivity contribution in [1.82, 2.24) is 4.98 Å². The third-order valence-electron chi connectivity index (χ3n) is 5.71. The first-order chi connectivity index (χ1) is 12.0. The summed E-state index contributed by atoms with van der Waals surface area (Å²) >= 11 is 0. The number of aromatic nitrogens is 1. The van der Waals surface area contributed by atoms with Gasteiger partial charge < -0.3 is 15.0 Å². The molecule has 0 unspecified atom stereocenters. The second-order valence-corrected chi connectivity index (χ2v) is 7.93. The number of carbonyl (C=O) groups is 1. The molecule has 5 heteroatoms. The Morgan fingerprint density at radius 3 is 2.68 bits per heavy atom. The van der Waals surface area contributed by atoms with E-state index < -0.39 is 0 Å². The van der Waals surface area contributed by atoms with Crippen LogP contribution in [0.2, 0.25) is 0 Å². The number of hydrogen-bond acceptors (Lipinski definition) is 4. The third-order valence-corrected chi connectivity index (χ3v) is 5.71. The molecule has 0 spiro atoms. The molecule has 3 rings (SSSR count). The molecule has 0 radical (unpaired) electrons. The molecule has 2 heterocycles. The molecule has 2 aliphatic rings. The summed E-state index contributed by atoms with van der Waals surface area (Å²) in [6, 6.07) is 3.96. The highest BCUT2D eigenvalue weighted by Crippen LogP contribution is 2.38. The number of nitrogens with one attached hydrogen (secondary N) is 1. The smallest absolute Gasteiger partial charge is 0.227 e. The minimum atomic E-state index is 0.114. The van der Waals surface area contributed by atoms with Crippen molar-refractivity contribution in [3.05, 3.63) is 18.3 Å². The lowest BCUT2D eigenvalue weighted by Gasteiger charge is -2.36. The van der Waals surface area contributed by atoms with Crippen LogP contribution in [0.1, 0.15) is 40.0 Å². The summed E-state index contributed by atoms with van der Waals surface area (Å²) in [4.78, 5) is 19.6. The van der Waals surface area contributed by atoms with Gasteiger partial charge in [-0.05, 0) is 42.7 Å². The van der Waals surface area contributed by atoms with Gasteiger partial charge in [0.15, 0.2) is 0 Å². The van der Waals surface area contributed by atoms with E-state index in [1.54, 1.807) is 6.20 Å². The Balaban J connectivity index is 1.63. The first-order valence-electron chi connectivity index (χ1n) is 9.64. The van der Waals surface area contributed by atoms with Crippen molar-refractivity contribution in [3.63, 3.8) is 0 Å². The van der Waals surface area contributed by atoms with Crippen molar-refractivity contribution in [1.29, 1.82) is 0 Å². The number of amides is 1. The van der Waals surface area contributed by atoms with E-state index in [0.29, 0.717) is 17.8 Å². The Kier molecular flexibility index (Phi) is 5.94. The minimum Gasteiger partial charge on any atom is -0.378 e. The molecular formula is C20H31N3O2. The first kappa shape index (κ1) is 18.2. The lowest BCUT2D eigenvalue weighted by Crippen LogP contribution is -2.37. The number of anilines is 2. The minimum absolute atomic E-state index is 0.114. The zero-order chi connectivity index (χ0) is 17.8. The lowest BCUT2D eigenvalue weighted by atomic mass is 9.70. The number of pyridine rings is 1. The molecule has 3 atom stereocenters. The van der Waals surface area contributed by atoms with E-state index >= 15 is 0 Å². The van der Waals surface area contributed by atoms with Gasteiger partial charge in [-0.1, -0.05) is 27.2 Å². The number of hydrogen-bond donors (Lipinski definition) is 1. The highest BCUT2D eigenvalue weighted by Gasteiger charge is 2.35. The van der Waals surface area contributed by atoms with Crippen LogP contribution in [0.4, 0.5) is 11.5 Å². The van der Waals surface area contributed by atoms with E-state index in [1.165, 1.54) is 6.42 Å². The molecule has 1 saturated carbocycles. The fourth-order valence-corrected chi connectivity index (χ4v) is 4.18. The molecule has 138 valence electrons. The highest BCUT2D eigenvalue weighted by molar-refractivity contribution is 5.92. The van der Waals surface area contributed by atoms with Gasteiger partial charge in [-0.25, -0.2) is 4.98 Å². The largest absolute Gasteiger partial charge is 0.378 e. The molecule has 1 N–H and O–H groups in total. The Bertz CT molecular complexity index is 567. The Hall–Kier alpha value is -1.62. The standard InChI is InChI=1S/C20H31N3O2/c1-14(2)17-6-4-15(3)12-18(17)20(24)22-16-5-7-19(21-13-16)23-8-10-25-11-9-23/h5,7,13-15,17-18H,4,6,8-12H2,1-3H3,(H,22,24)/t15-,17+,18-/m1/s1. The van der Waals surface area contributed by atoms with E-state index in [9.17, 15) is 4.79 Å². The van der Waals surface area contributed by atoms with Gasteiger partial charge in [-0.3, -0.25) is 4.79 Å². The van der Waals surface area contributed by atoms with Gasteiger partial charge in [0.1, 0.15) is 5.82 Å². The lowest BCUT2D eigenvalue weighted by molar-refractivity contribution is -0.123. The predicted molar refractivity (Wildman–Crippen MR) is 101 cm³/mol. The molecule has 0 bridgehead atoms. The molecule has 1 aliphatic heterocycles. The molecule has 1 amide bonds. The van der Waals surface area contributed by atoms with Crippen LogP contribution in [0.25, 0.3) is 0 Å². The summed E-state index contributed by atoms with van der Waals surface area (Å²) in [6.07, 6.45) is 5.17. The first-order valence-corrected chi connectivity index (χ1v) is 9.64. The van der Waals surface area contributed by atoms with Gasteiger partial charge in [0.05, 0.1) is 25.1 Å². The summed E-state index contributed by atoms with van der Waals surface area (Å²) in [7, 11) is 0. The van der Waals surface area contributed by atoms with Gasteiger partial charge in [0, 0.05) is 19.0 Å². The quantitative estimate of drug-likeness (QED) is 0.906. The summed E-state index contributed by atoms with van der Waals surface area (Å²) in [5, 5.41) is 3.10. The normalized spacial score (nSPS) is 27.4. The molecule has 1 saturated heterocycles. The van der Waals surface area contributed by atoms with Crippen LogP contribution in [0.3, 0.4) is 0 Å². The van der Waals surface area contributed by atoms with E-state index in [0.717, 1.165) is 50.7 Å². The zero-order valence-corrected chi connectivity index (χ0v) is 15.7. The summed E-state index contributed by atoms with van der Waals surface area (Å²) < 4.78 is 5.38. The van der Waals surface area contributed by atoms with Gasteiger partial charge in [-0.15, -0.1) is 0 Å². The molecule has 1 aromatic heterocycles. The Morgan fingerprint density at radius 2 is 2.04 bits per heavy atom. The summed E-state index contributed by atoms with van der Waals surface area (Å²) in [5.74, 6) is 2.89. The van der Waals surface area contributed by atoms with Crippen LogP contribution < -0.4 is 10.2 Å². The maximum Gasteiger partial charge on any atom is 0.227 e. The molecular weight excluding hydrogens is 314 g/mol. The second-order valence-electron chi connectivity index (χ2n) is 7.93. The number of rotatable bonds is 4. The highest BCUT2D eigenvalue weighted by atomic mass is 16.5. The fraction of sp³-hybridized carbons (Fsp3) is 0.700. The molecule has 1 aromatic rings. The molecule has 1 aliphatic carbocycles. The monoisotopic (exact) mass is 345 g/mol. The third kappa shape index (κ3) is 4.51. The van der Waals surface area contributed by atoms with E-state index in [2.05, 4.69) is 36.0 Å². The molecule has 0 aromatic carbocycles. The van der Waals surface area contributed by atoms with Gasteiger partial charge in [-0.2, -0.15) is 0 Å². The number of nitrogens with zero attached hydrogens (tertiary/aromatic N) is 2. The predicted octanol–water partition coefficient (Wildman–Crippen LogP) is 3.57. The van der Waals surface area contributed by atoms with E-state index in [4.69, 9.17) is 4.74 Å². The number of carbonyl (C=O) groups excluding carboxylic acids is 1. The molecule has 5 nitrogen and oxygen atoms in total. The van der Waals surface area contributed by atoms with Crippen molar-refractivity contribution in [3.8, 4) is 0 Å². The topological polar surface area (TPSA) is 54.5 Å². The Labute approximate surface area is 151 Å². The number of morpholine rings is 1. The maximum atomic E-state index is 12.8. The van der Waals surface area contributed by atoms with Crippen molar-refractivity contribution in [2.24, 2.45) is 23.7 Å². The van der Waals surface area contributed by atoms with Crippen LogP contribution in [-0.2, 0) is 9.53 Å². The zero-order valence-electron chi connectivity index (χ0n) is 15.7. The van der Waals surface area contributed by atoms with Crippen molar-refractivity contribution >= 4 is 17.4 Å². The van der Waals surface area contributed by atoms with Crippen LogP contribution >= 0.6 is 0 Å². The SMILES string of the molecule is CC(C)[C@@H]1CC[C@@H](C)C[C@H]1C(=O)Nc1ccc(N2CCOCC2)nc1. The molecule has 25 heavy (non-hydrogen) atoms. The maximum absolute atomic E-state index is 12.8. The van der Waals surface area contributed by atoms with Crippen molar-refractivity contribution in [2.75, 3.05) is 36.5 Å². The average molecular weight is 345 g/mol. The van der Waals surface area contributed by atoms with Crippen LogP contribution in [0.5, 0.6) is 0 Å². The van der Waals surface area contributed by atoms with Crippen LogP contribution in [0.15, 0.2) is 18.3 Å². The summed E-state index contributed by atoms with van der Waals surface area (Å²) in [6.45, 7) is 9.96. The molecule has 2 fully saturated rings. The Morgan fingerprint density at radius 1 is 1.28 bits per heavy atom. The van der Waals surface area contributed by atoms with Crippen LogP contribution in [-0.4, -0.2) is 37.2 Å². The summed E-state index contributed by atoms with van der Waals surface area (Å²) in [5.41, 5.74) is 0.794. The number of ether oxygens (including phenoxy) is 1. The van der Waals surface area contributed by atoms with Gasteiger partial charge >= 0.3 is 0 Å². The van der Waals surface area contributed by atoms with Crippen LogP contribution in [0, 0.1) is 23.7 Å². The van der Waals surface area contributed by atoms with E-state index in [-0.39, 0.29) is 11.8 Å². The fourth-order valence-electron chi connectivity index (χ4n) is 4.18. The average Bonchev–Trinajstić information content (AvgIpc) is 2.62. The van der Waals surface area contributed by atoms with Crippen molar-refractivity contribution in [2.45, 2.75) is 40.0 Å².